The van der Waals surface area contributed by atoms with Crippen LogP contribution in [-0.2, 0) is 0 Å². The first-order chi connectivity index (χ1) is 4.48. The third-order valence-electron chi connectivity index (χ3n) is 1.50. The van der Waals surface area contributed by atoms with Gasteiger partial charge in [0.1, 0.15) is 0 Å². The van der Waals surface area contributed by atoms with Gasteiger partial charge in [-0.15, -0.1) is 0 Å². The molecule has 0 bridgehead atoms. The van der Waals surface area contributed by atoms with Crippen molar-refractivity contribution in [3.63, 3.8) is 0 Å². The Bertz CT molecular complexity index is 121. The van der Waals surface area contributed by atoms with Crippen molar-refractivity contribution in [3.8, 4) is 0 Å². The van der Waals surface area contributed by atoms with Crippen LogP contribution >= 0.6 is 0 Å². The molecular formula is C7H16N2O. The lowest BCUT2D eigenvalue weighted by molar-refractivity contribution is 0.152. The first-order valence-corrected chi connectivity index (χ1v) is 3.42. The summed E-state index contributed by atoms with van der Waals surface area (Å²) in [5.74, 6) is 0.196. The average Bonchev–Trinajstić information content (AvgIpc) is 1.85. The Morgan fingerprint density at radius 3 is 2.40 bits per heavy atom. The number of hydrogen-bond donors (Lipinski definition) is 3. The normalized spacial score (nSPS) is 11.5. The zero-order chi connectivity index (χ0) is 8.20. The van der Waals surface area contributed by atoms with Crippen molar-refractivity contribution in [2.24, 2.45) is 11.1 Å². The Hall–Kier alpha value is -0.570. The highest BCUT2D eigenvalue weighted by Gasteiger charge is 2.15. The summed E-state index contributed by atoms with van der Waals surface area (Å²) in [6, 6.07) is 0. The predicted octanol–water partition coefficient (Wildman–Crippen LogP) is 0.721. The molecule has 0 saturated heterocycles. The van der Waals surface area contributed by atoms with Crippen LogP contribution in [-0.4, -0.2) is 17.5 Å². The van der Waals surface area contributed by atoms with Gasteiger partial charge in [-0.2, -0.15) is 0 Å². The van der Waals surface area contributed by atoms with E-state index in [9.17, 15) is 0 Å². The van der Waals surface area contributed by atoms with E-state index in [1.165, 1.54) is 0 Å². The molecule has 0 rings (SSSR count). The van der Waals surface area contributed by atoms with Gasteiger partial charge >= 0.3 is 0 Å². The van der Waals surface area contributed by atoms with E-state index in [0.29, 0.717) is 6.42 Å². The molecule has 0 aromatic rings. The molecule has 3 heteroatoms. The van der Waals surface area contributed by atoms with Gasteiger partial charge in [0.25, 0.3) is 0 Å². The molecule has 0 spiro atoms. The fourth-order valence-corrected chi connectivity index (χ4v) is 0.552. The third-order valence-corrected chi connectivity index (χ3v) is 1.50. The van der Waals surface area contributed by atoms with Crippen molar-refractivity contribution in [3.05, 3.63) is 0 Å². The van der Waals surface area contributed by atoms with Crippen LogP contribution in [0.1, 0.15) is 26.7 Å². The molecule has 0 heterocycles. The highest BCUT2D eigenvalue weighted by atomic mass is 16.3. The van der Waals surface area contributed by atoms with Crippen LogP contribution < -0.4 is 5.73 Å². The third kappa shape index (κ3) is 4.32. The fraction of sp³-hybridized carbons (Fsp3) is 0.857. The topological polar surface area (TPSA) is 70.1 Å². The van der Waals surface area contributed by atoms with Gasteiger partial charge in [0.2, 0.25) is 0 Å². The van der Waals surface area contributed by atoms with Crippen molar-refractivity contribution < 1.29 is 5.11 Å². The highest BCUT2D eigenvalue weighted by Crippen LogP contribution is 2.20. The second kappa shape index (κ2) is 3.56. The number of aliphatic hydroxyl groups is 1. The molecule has 0 unspecified atom stereocenters. The van der Waals surface area contributed by atoms with Crippen molar-refractivity contribution >= 4 is 5.84 Å². The molecule has 10 heavy (non-hydrogen) atoms. The number of amidine groups is 1. The van der Waals surface area contributed by atoms with Gasteiger partial charge in [-0.05, 0) is 11.8 Å². The molecule has 0 saturated carbocycles. The minimum Gasteiger partial charge on any atom is -0.396 e. The SMILES string of the molecule is CC(C)(CO)CCC(=N)N. The van der Waals surface area contributed by atoms with Crippen molar-refractivity contribution in [2.75, 3.05) is 6.61 Å². The van der Waals surface area contributed by atoms with Gasteiger partial charge in [-0.3, -0.25) is 5.41 Å². The Balaban J connectivity index is 3.56. The summed E-state index contributed by atoms with van der Waals surface area (Å²) < 4.78 is 0. The van der Waals surface area contributed by atoms with Gasteiger partial charge in [-0.1, -0.05) is 13.8 Å². The van der Waals surface area contributed by atoms with E-state index < -0.39 is 0 Å². The molecule has 4 N–H and O–H groups in total. The molecule has 0 radical (unpaired) electrons. The second-order valence-electron chi connectivity index (χ2n) is 3.35. The van der Waals surface area contributed by atoms with E-state index in [-0.39, 0.29) is 17.9 Å². The van der Waals surface area contributed by atoms with Crippen LogP contribution in [0.3, 0.4) is 0 Å². The van der Waals surface area contributed by atoms with Gasteiger partial charge in [0.05, 0.1) is 5.84 Å². The lowest BCUT2D eigenvalue weighted by Gasteiger charge is -2.20. The maximum Gasteiger partial charge on any atom is 0.0905 e. The molecule has 0 aliphatic heterocycles. The molecule has 0 fully saturated rings. The Morgan fingerprint density at radius 2 is 2.10 bits per heavy atom. The molecule has 0 aliphatic rings. The number of hydrogen-bond acceptors (Lipinski definition) is 2. The summed E-state index contributed by atoms with van der Waals surface area (Å²) in [4.78, 5) is 0. The molecule has 0 atom stereocenters. The Kier molecular flexibility index (Phi) is 3.36. The zero-order valence-corrected chi connectivity index (χ0v) is 6.65. The van der Waals surface area contributed by atoms with Crippen LogP contribution in [0.25, 0.3) is 0 Å². The van der Waals surface area contributed by atoms with Gasteiger partial charge in [0, 0.05) is 13.0 Å². The van der Waals surface area contributed by atoms with E-state index in [4.69, 9.17) is 16.2 Å². The lowest BCUT2D eigenvalue weighted by Crippen LogP contribution is -2.20. The minimum absolute atomic E-state index is 0.0916. The van der Waals surface area contributed by atoms with E-state index in [0.717, 1.165) is 6.42 Å². The molecule has 0 amide bonds. The maximum atomic E-state index is 8.80. The fourth-order valence-electron chi connectivity index (χ4n) is 0.552. The summed E-state index contributed by atoms with van der Waals surface area (Å²) in [6.07, 6.45) is 1.35. The summed E-state index contributed by atoms with van der Waals surface area (Å²) in [5.41, 5.74) is 5.06. The molecule has 60 valence electrons. The van der Waals surface area contributed by atoms with E-state index in [2.05, 4.69) is 0 Å². The average molecular weight is 144 g/mol. The van der Waals surface area contributed by atoms with Crippen LogP contribution in [0.5, 0.6) is 0 Å². The number of aliphatic hydroxyl groups excluding tert-OH is 1. The molecular weight excluding hydrogens is 128 g/mol. The van der Waals surface area contributed by atoms with Crippen molar-refractivity contribution in [1.29, 1.82) is 5.41 Å². The first kappa shape index (κ1) is 9.43. The Labute approximate surface area is 61.7 Å². The van der Waals surface area contributed by atoms with Gasteiger partial charge in [-0.25, -0.2) is 0 Å². The van der Waals surface area contributed by atoms with E-state index >= 15 is 0 Å². The quantitative estimate of drug-likeness (QED) is 0.402. The lowest BCUT2D eigenvalue weighted by atomic mass is 9.89. The van der Waals surface area contributed by atoms with Crippen molar-refractivity contribution in [2.45, 2.75) is 26.7 Å². The monoisotopic (exact) mass is 144 g/mol. The largest absolute Gasteiger partial charge is 0.396 e. The summed E-state index contributed by atoms with van der Waals surface area (Å²) in [6.45, 7) is 4.06. The van der Waals surface area contributed by atoms with Crippen LogP contribution in [0.4, 0.5) is 0 Å². The summed E-state index contributed by atoms with van der Waals surface area (Å²) in [5, 5.41) is 15.7. The van der Waals surface area contributed by atoms with Crippen LogP contribution in [0.2, 0.25) is 0 Å². The van der Waals surface area contributed by atoms with Gasteiger partial charge < -0.3 is 10.8 Å². The minimum atomic E-state index is -0.0916. The van der Waals surface area contributed by atoms with E-state index in [1.807, 2.05) is 13.8 Å². The maximum absolute atomic E-state index is 8.80. The second-order valence-corrected chi connectivity index (χ2v) is 3.35. The summed E-state index contributed by atoms with van der Waals surface area (Å²) >= 11 is 0. The number of rotatable bonds is 4. The van der Waals surface area contributed by atoms with Crippen LogP contribution in [0, 0.1) is 10.8 Å². The standard InChI is InChI=1S/C7H16N2O/c1-7(2,5-10)4-3-6(8)9/h10H,3-5H2,1-2H3,(H3,8,9). The zero-order valence-electron chi connectivity index (χ0n) is 6.65. The van der Waals surface area contributed by atoms with E-state index in [1.54, 1.807) is 0 Å². The number of nitrogens with one attached hydrogen (secondary N) is 1. The molecule has 3 nitrogen and oxygen atoms in total. The summed E-state index contributed by atoms with van der Waals surface area (Å²) in [7, 11) is 0. The Morgan fingerprint density at radius 1 is 1.60 bits per heavy atom. The van der Waals surface area contributed by atoms with Crippen molar-refractivity contribution in [1.82, 2.24) is 0 Å². The molecule has 0 aromatic carbocycles. The molecule has 0 aromatic heterocycles. The van der Waals surface area contributed by atoms with Crippen LogP contribution in [0.15, 0.2) is 0 Å². The smallest absolute Gasteiger partial charge is 0.0905 e. The number of nitrogens with two attached hydrogens (primary N) is 1. The molecule has 0 aliphatic carbocycles. The first-order valence-electron chi connectivity index (χ1n) is 3.42. The predicted molar refractivity (Wildman–Crippen MR) is 42.0 cm³/mol. The highest BCUT2D eigenvalue weighted by molar-refractivity contribution is 5.76. The van der Waals surface area contributed by atoms with Gasteiger partial charge in [0.15, 0.2) is 0 Å².